The molecule has 1 aliphatic heterocycles. The Kier molecular flexibility index (Phi) is 5.27. The molecule has 0 bridgehead atoms. The standard InChI is InChI=1S/C15H19FN2O3/c1-2-21-7-3-6-17-15(20)12-9-14(19)18-13-8-10(16)4-5-11(12)13/h4-5,8,12H,2-3,6-7,9H2,1H3,(H,17,20)(H,18,19). The monoisotopic (exact) mass is 294 g/mol. The van der Waals surface area contributed by atoms with Crippen LogP contribution in [0.5, 0.6) is 0 Å². The Labute approximate surface area is 122 Å². The predicted molar refractivity (Wildman–Crippen MR) is 76.5 cm³/mol. The first kappa shape index (κ1) is 15.4. The summed E-state index contributed by atoms with van der Waals surface area (Å²) in [6.07, 6.45) is 0.796. The van der Waals surface area contributed by atoms with Crippen molar-refractivity contribution in [2.75, 3.05) is 25.1 Å². The number of rotatable bonds is 6. The van der Waals surface area contributed by atoms with Crippen LogP contribution in [0.1, 0.15) is 31.2 Å². The molecule has 0 saturated carbocycles. The summed E-state index contributed by atoms with van der Waals surface area (Å²) in [5.41, 5.74) is 1.03. The molecular weight excluding hydrogens is 275 g/mol. The second-order valence-corrected chi connectivity index (χ2v) is 4.88. The van der Waals surface area contributed by atoms with Gasteiger partial charge in [-0.15, -0.1) is 0 Å². The van der Waals surface area contributed by atoms with Gasteiger partial charge in [-0.2, -0.15) is 0 Å². The first-order chi connectivity index (χ1) is 10.1. The van der Waals surface area contributed by atoms with Crippen LogP contribution in [0.15, 0.2) is 18.2 Å². The molecule has 1 aromatic rings. The zero-order valence-electron chi connectivity index (χ0n) is 11.9. The van der Waals surface area contributed by atoms with Crippen molar-refractivity contribution < 1.29 is 18.7 Å². The minimum absolute atomic E-state index is 0.0793. The maximum absolute atomic E-state index is 13.2. The molecule has 2 rings (SSSR count). The van der Waals surface area contributed by atoms with Crippen molar-refractivity contribution in [2.45, 2.75) is 25.7 Å². The zero-order chi connectivity index (χ0) is 15.2. The number of carbonyl (C=O) groups is 2. The third kappa shape index (κ3) is 4.01. The largest absolute Gasteiger partial charge is 0.382 e. The third-order valence-corrected chi connectivity index (χ3v) is 3.34. The molecule has 1 aromatic carbocycles. The highest BCUT2D eigenvalue weighted by Gasteiger charge is 2.30. The number of fused-ring (bicyclic) bond motifs is 1. The lowest BCUT2D eigenvalue weighted by Gasteiger charge is -2.24. The fourth-order valence-corrected chi connectivity index (χ4v) is 2.32. The predicted octanol–water partition coefficient (Wildman–Crippen LogP) is 1.79. The molecular formula is C15H19FN2O3. The van der Waals surface area contributed by atoms with Crippen LogP contribution in [0.4, 0.5) is 10.1 Å². The summed E-state index contributed by atoms with van der Waals surface area (Å²) in [4.78, 5) is 23.8. The van der Waals surface area contributed by atoms with Crippen molar-refractivity contribution in [2.24, 2.45) is 0 Å². The Morgan fingerprint density at radius 2 is 2.33 bits per heavy atom. The lowest BCUT2D eigenvalue weighted by Crippen LogP contribution is -2.35. The number of hydrogen-bond donors (Lipinski definition) is 2. The Hall–Kier alpha value is -1.95. The number of anilines is 1. The summed E-state index contributed by atoms with van der Waals surface area (Å²) in [5, 5.41) is 5.39. The van der Waals surface area contributed by atoms with Crippen molar-refractivity contribution >= 4 is 17.5 Å². The molecule has 114 valence electrons. The van der Waals surface area contributed by atoms with E-state index in [2.05, 4.69) is 10.6 Å². The molecule has 0 spiro atoms. The molecule has 6 heteroatoms. The lowest BCUT2D eigenvalue weighted by atomic mass is 9.89. The average Bonchev–Trinajstić information content (AvgIpc) is 2.45. The van der Waals surface area contributed by atoms with E-state index in [1.807, 2.05) is 6.92 Å². The normalized spacial score (nSPS) is 17.0. The summed E-state index contributed by atoms with van der Waals surface area (Å²) in [5.74, 6) is -1.50. The fourth-order valence-electron chi connectivity index (χ4n) is 2.32. The van der Waals surface area contributed by atoms with E-state index < -0.39 is 11.7 Å². The van der Waals surface area contributed by atoms with Gasteiger partial charge in [0.05, 0.1) is 5.92 Å². The van der Waals surface area contributed by atoms with Crippen molar-refractivity contribution in [1.29, 1.82) is 0 Å². The number of benzene rings is 1. The number of hydrogen-bond acceptors (Lipinski definition) is 3. The Balaban J connectivity index is 2.00. The van der Waals surface area contributed by atoms with E-state index in [1.165, 1.54) is 12.1 Å². The summed E-state index contributed by atoms with van der Waals surface area (Å²) in [6, 6.07) is 4.09. The minimum Gasteiger partial charge on any atom is -0.382 e. The molecule has 1 aliphatic rings. The quantitative estimate of drug-likeness (QED) is 0.786. The second kappa shape index (κ2) is 7.17. The van der Waals surface area contributed by atoms with Crippen LogP contribution in [0.3, 0.4) is 0 Å². The van der Waals surface area contributed by atoms with E-state index in [4.69, 9.17) is 4.74 Å². The van der Waals surface area contributed by atoms with Crippen molar-refractivity contribution in [3.8, 4) is 0 Å². The highest BCUT2D eigenvalue weighted by Crippen LogP contribution is 2.32. The average molecular weight is 294 g/mol. The smallest absolute Gasteiger partial charge is 0.228 e. The van der Waals surface area contributed by atoms with Crippen LogP contribution < -0.4 is 10.6 Å². The molecule has 1 unspecified atom stereocenters. The fraction of sp³-hybridized carbons (Fsp3) is 0.467. The first-order valence-electron chi connectivity index (χ1n) is 7.06. The Morgan fingerprint density at radius 3 is 3.10 bits per heavy atom. The molecule has 0 aromatic heterocycles. The van der Waals surface area contributed by atoms with Gasteiger partial charge in [0.25, 0.3) is 0 Å². The van der Waals surface area contributed by atoms with Gasteiger partial charge < -0.3 is 15.4 Å². The van der Waals surface area contributed by atoms with Crippen LogP contribution in [-0.2, 0) is 14.3 Å². The number of ether oxygens (including phenoxy) is 1. The van der Waals surface area contributed by atoms with Gasteiger partial charge in [0.1, 0.15) is 5.82 Å². The van der Waals surface area contributed by atoms with E-state index in [1.54, 1.807) is 6.07 Å². The summed E-state index contributed by atoms with van der Waals surface area (Å²) in [6.45, 7) is 3.64. The maximum Gasteiger partial charge on any atom is 0.228 e. The van der Waals surface area contributed by atoms with Gasteiger partial charge in [-0.05, 0) is 31.0 Å². The molecule has 1 heterocycles. The highest BCUT2D eigenvalue weighted by atomic mass is 19.1. The van der Waals surface area contributed by atoms with Gasteiger partial charge in [-0.3, -0.25) is 9.59 Å². The molecule has 2 N–H and O–H groups in total. The number of carbonyl (C=O) groups excluding carboxylic acids is 2. The topological polar surface area (TPSA) is 67.4 Å². The van der Waals surface area contributed by atoms with E-state index in [9.17, 15) is 14.0 Å². The molecule has 0 saturated heterocycles. The molecule has 5 nitrogen and oxygen atoms in total. The molecule has 1 atom stereocenters. The number of halogens is 1. The van der Waals surface area contributed by atoms with Gasteiger partial charge >= 0.3 is 0 Å². The molecule has 0 aliphatic carbocycles. The second-order valence-electron chi connectivity index (χ2n) is 4.88. The zero-order valence-corrected chi connectivity index (χ0v) is 11.9. The van der Waals surface area contributed by atoms with Gasteiger partial charge in [0.2, 0.25) is 11.8 Å². The van der Waals surface area contributed by atoms with E-state index in [0.717, 1.165) is 6.42 Å². The van der Waals surface area contributed by atoms with Gasteiger partial charge in [-0.25, -0.2) is 4.39 Å². The molecule has 21 heavy (non-hydrogen) atoms. The highest BCUT2D eigenvalue weighted by molar-refractivity contribution is 6.01. The summed E-state index contributed by atoms with van der Waals surface area (Å²) >= 11 is 0. The molecule has 0 radical (unpaired) electrons. The number of amides is 2. The van der Waals surface area contributed by atoms with Crippen LogP contribution in [0.2, 0.25) is 0 Å². The van der Waals surface area contributed by atoms with Crippen molar-refractivity contribution in [3.63, 3.8) is 0 Å². The van der Waals surface area contributed by atoms with Crippen LogP contribution in [-0.4, -0.2) is 31.6 Å². The lowest BCUT2D eigenvalue weighted by molar-refractivity contribution is -0.126. The summed E-state index contributed by atoms with van der Waals surface area (Å²) in [7, 11) is 0. The van der Waals surface area contributed by atoms with E-state index in [-0.39, 0.29) is 18.2 Å². The van der Waals surface area contributed by atoms with Gasteiger partial charge in [-0.1, -0.05) is 6.07 Å². The molecule has 2 amide bonds. The van der Waals surface area contributed by atoms with Gasteiger partial charge in [0, 0.05) is 31.9 Å². The minimum atomic E-state index is -0.568. The first-order valence-corrected chi connectivity index (χ1v) is 7.06. The Morgan fingerprint density at radius 1 is 1.52 bits per heavy atom. The Bertz CT molecular complexity index is 534. The number of nitrogens with one attached hydrogen (secondary N) is 2. The van der Waals surface area contributed by atoms with E-state index in [0.29, 0.717) is 31.0 Å². The van der Waals surface area contributed by atoms with Gasteiger partial charge in [0.15, 0.2) is 0 Å². The SMILES string of the molecule is CCOCCCNC(=O)C1CC(=O)Nc2cc(F)ccc21. The third-order valence-electron chi connectivity index (χ3n) is 3.34. The van der Waals surface area contributed by atoms with Crippen molar-refractivity contribution in [1.82, 2.24) is 5.32 Å². The van der Waals surface area contributed by atoms with Crippen LogP contribution in [0, 0.1) is 5.82 Å². The van der Waals surface area contributed by atoms with Crippen LogP contribution >= 0.6 is 0 Å². The van der Waals surface area contributed by atoms with Crippen LogP contribution in [0.25, 0.3) is 0 Å². The van der Waals surface area contributed by atoms with E-state index >= 15 is 0 Å². The summed E-state index contributed by atoms with van der Waals surface area (Å²) < 4.78 is 18.4. The van der Waals surface area contributed by atoms with Crippen molar-refractivity contribution in [3.05, 3.63) is 29.6 Å². The maximum atomic E-state index is 13.2. The molecule has 0 fully saturated rings.